The molecule has 0 aromatic heterocycles. The lowest BCUT2D eigenvalue weighted by atomic mass is 10.0. The van der Waals surface area contributed by atoms with Crippen LogP contribution in [0.25, 0.3) is 0 Å². The molecule has 0 bridgehead atoms. The number of rotatable bonds is 5. The lowest BCUT2D eigenvalue weighted by Gasteiger charge is -2.34. The number of carbonyl (C=O) groups excluding carboxylic acids is 1. The summed E-state index contributed by atoms with van der Waals surface area (Å²) in [6, 6.07) is 0. The van der Waals surface area contributed by atoms with Crippen LogP contribution in [0.1, 0.15) is 26.2 Å². The number of amides is 1. The Bertz CT molecular complexity index is 422. The number of carboxylic acids is 1. The first kappa shape index (κ1) is 17.5. The molecular weight excluding hydrogens is 276 g/mol. The van der Waals surface area contributed by atoms with E-state index in [1.165, 1.54) is 0 Å². The molecule has 120 valence electrons. The van der Waals surface area contributed by atoms with E-state index in [1.54, 1.807) is 19.1 Å². The van der Waals surface area contributed by atoms with Crippen molar-refractivity contribution in [3.05, 3.63) is 11.3 Å². The van der Waals surface area contributed by atoms with Crippen LogP contribution in [0.5, 0.6) is 0 Å². The third kappa shape index (κ3) is 4.71. The average molecular weight is 300 g/mol. The lowest BCUT2D eigenvalue weighted by molar-refractivity contribution is -0.142. The summed E-state index contributed by atoms with van der Waals surface area (Å²) in [6.07, 6.45) is -0.329. The van der Waals surface area contributed by atoms with Gasteiger partial charge in [-0.05, 0) is 13.3 Å². The maximum atomic E-state index is 12.1. The molecule has 7 nitrogen and oxygen atoms in total. The normalized spacial score (nSPS) is 27.1. The van der Waals surface area contributed by atoms with Crippen molar-refractivity contribution in [1.82, 2.24) is 4.90 Å². The molecule has 0 aliphatic carbocycles. The Kier molecular flexibility index (Phi) is 6.64. The van der Waals surface area contributed by atoms with Gasteiger partial charge in [0.2, 0.25) is 5.91 Å². The molecule has 1 amide bonds. The van der Waals surface area contributed by atoms with Crippen LogP contribution in [0.3, 0.4) is 0 Å². The molecule has 0 saturated carbocycles. The highest BCUT2D eigenvalue weighted by molar-refractivity contribution is 5.80. The summed E-state index contributed by atoms with van der Waals surface area (Å²) >= 11 is 0. The molecule has 1 heterocycles. The molecule has 0 spiro atoms. The number of carbonyl (C=O) groups is 2. The third-order valence-electron chi connectivity index (χ3n) is 3.76. The van der Waals surface area contributed by atoms with Gasteiger partial charge in [-0.3, -0.25) is 9.59 Å². The number of hydrogen-bond acceptors (Lipinski definition) is 5. The number of hydrogen-bond donors (Lipinski definition) is 2. The van der Waals surface area contributed by atoms with Crippen LogP contribution in [-0.4, -0.2) is 61.4 Å². The molecule has 21 heavy (non-hydrogen) atoms. The van der Waals surface area contributed by atoms with Crippen molar-refractivity contribution in [2.45, 2.75) is 38.4 Å². The van der Waals surface area contributed by atoms with Crippen LogP contribution in [-0.2, 0) is 19.1 Å². The first-order chi connectivity index (χ1) is 9.90. The Morgan fingerprint density at radius 1 is 1.33 bits per heavy atom. The molecule has 0 aromatic rings. The summed E-state index contributed by atoms with van der Waals surface area (Å²) in [5.41, 5.74) is 7.68. The molecule has 3 N–H and O–H groups in total. The molecule has 0 fully saturated rings. The molecule has 7 heteroatoms. The van der Waals surface area contributed by atoms with Crippen LogP contribution in [0.15, 0.2) is 11.3 Å². The molecule has 0 saturated heterocycles. The Morgan fingerprint density at radius 3 is 2.52 bits per heavy atom. The van der Waals surface area contributed by atoms with Crippen LogP contribution in [0.2, 0.25) is 0 Å². The fourth-order valence-corrected chi connectivity index (χ4v) is 2.37. The number of carboxylic acid groups (broad SMARTS) is 1. The molecule has 0 radical (unpaired) electrons. The van der Waals surface area contributed by atoms with Gasteiger partial charge in [-0.25, -0.2) is 0 Å². The van der Waals surface area contributed by atoms with Crippen molar-refractivity contribution in [3.8, 4) is 0 Å². The van der Waals surface area contributed by atoms with Gasteiger partial charge >= 0.3 is 5.97 Å². The molecule has 0 aromatic carbocycles. The standard InChI is InChI=1S/C14H24N2O5/c1-9-6-7-16(11(17)4-5-12(18)19)8-10(20-2)14(21-3)13(9)15/h10,14H,4-8,15H2,1-3H3,(H,18,19)/b13-9+/t10-,14+/m0/s1. The van der Waals surface area contributed by atoms with E-state index in [4.69, 9.17) is 20.3 Å². The van der Waals surface area contributed by atoms with Gasteiger partial charge in [-0.2, -0.15) is 0 Å². The minimum absolute atomic E-state index is 0.0122. The van der Waals surface area contributed by atoms with Crippen molar-refractivity contribution in [3.63, 3.8) is 0 Å². The van der Waals surface area contributed by atoms with Crippen LogP contribution < -0.4 is 5.73 Å². The predicted molar refractivity (Wildman–Crippen MR) is 76.5 cm³/mol. The SMILES string of the molecule is CO[C@H]1CN(C(=O)CCC(=O)O)CC/C(C)=C(/N)[C@@H]1OC. The molecule has 2 atom stereocenters. The second-order valence-electron chi connectivity index (χ2n) is 5.15. The summed E-state index contributed by atoms with van der Waals surface area (Å²) < 4.78 is 10.8. The Labute approximate surface area is 124 Å². The maximum absolute atomic E-state index is 12.1. The molecular formula is C14H24N2O5. The number of nitrogens with zero attached hydrogens (tertiary/aromatic N) is 1. The van der Waals surface area contributed by atoms with E-state index in [1.807, 2.05) is 6.92 Å². The summed E-state index contributed by atoms with van der Waals surface area (Å²) in [5, 5.41) is 8.68. The maximum Gasteiger partial charge on any atom is 0.303 e. The van der Waals surface area contributed by atoms with Crippen molar-refractivity contribution in [2.75, 3.05) is 27.3 Å². The van der Waals surface area contributed by atoms with Gasteiger partial charge in [0.05, 0.1) is 6.42 Å². The highest BCUT2D eigenvalue weighted by Gasteiger charge is 2.30. The van der Waals surface area contributed by atoms with E-state index in [2.05, 4.69) is 0 Å². The molecule has 1 rings (SSSR count). The topological polar surface area (TPSA) is 102 Å². The van der Waals surface area contributed by atoms with Crippen LogP contribution in [0, 0.1) is 0 Å². The fourth-order valence-electron chi connectivity index (χ4n) is 2.37. The van der Waals surface area contributed by atoms with E-state index in [9.17, 15) is 9.59 Å². The van der Waals surface area contributed by atoms with Gasteiger partial charge in [0, 0.05) is 39.4 Å². The van der Waals surface area contributed by atoms with E-state index >= 15 is 0 Å². The summed E-state index contributed by atoms with van der Waals surface area (Å²) in [4.78, 5) is 24.3. The van der Waals surface area contributed by atoms with E-state index in [0.717, 1.165) is 5.57 Å². The second kappa shape index (κ2) is 7.99. The first-order valence-corrected chi connectivity index (χ1v) is 6.91. The quantitative estimate of drug-likeness (QED) is 0.759. The van der Waals surface area contributed by atoms with Crippen molar-refractivity contribution in [1.29, 1.82) is 0 Å². The lowest BCUT2D eigenvalue weighted by Crippen LogP contribution is -2.48. The van der Waals surface area contributed by atoms with Crippen molar-refractivity contribution >= 4 is 11.9 Å². The molecule has 1 aliphatic rings. The van der Waals surface area contributed by atoms with E-state index < -0.39 is 12.1 Å². The van der Waals surface area contributed by atoms with Gasteiger partial charge in [-0.15, -0.1) is 0 Å². The zero-order valence-electron chi connectivity index (χ0n) is 12.8. The Morgan fingerprint density at radius 2 is 2.00 bits per heavy atom. The second-order valence-corrected chi connectivity index (χ2v) is 5.15. The number of methoxy groups -OCH3 is 2. The van der Waals surface area contributed by atoms with Crippen LogP contribution in [0.4, 0.5) is 0 Å². The van der Waals surface area contributed by atoms with Gasteiger partial charge in [0.1, 0.15) is 12.2 Å². The smallest absolute Gasteiger partial charge is 0.303 e. The predicted octanol–water partition coefficient (Wildman–Crippen LogP) is 0.346. The van der Waals surface area contributed by atoms with E-state index in [-0.39, 0.29) is 24.9 Å². The van der Waals surface area contributed by atoms with Crippen molar-refractivity contribution < 1.29 is 24.2 Å². The van der Waals surface area contributed by atoms with Crippen molar-refractivity contribution in [2.24, 2.45) is 5.73 Å². The van der Waals surface area contributed by atoms with Crippen LogP contribution >= 0.6 is 0 Å². The van der Waals surface area contributed by atoms with E-state index in [0.29, 0.717) is 25.2 Å². The average Bonchev–Trinajstić information content (AvgIpc) is 2.45. The highest BCUT2D eigenvalue weighted by Crippen LogP contribution is 2.20. The summed E-state index contributed by atoms with van der Waals surface area (Å²) in [7, 11) is 3.09. The Hall–Kier alpha value is -1.60. The minimum atomic E-state index is -0.978. The minimum Gasteiger partial charge on any atom is -0.481 e. The zero-order valence-corrected chi connectivity index (χ0v) is 12.8. The highest BCUT2D eigenvalue weighted by atomic mass is 16.5. The molecule has 1 aliphatic heterocycles. The largest absolute Gasteiger partial charge is 0.481 e. The Balaban J connectivity index is 2.86. The summed E-state index contributed by atoms with van der Waals surface area (Å²) in [5.74, 6) is -1.17. The first-order valence-electron chi connectivity index (χ1n) is 6.91. The van der Waals surface area contributed by atoms with Gasteiger partial charge in [0.25, 0.3) is 0 Å². The number of nitrogens with two attached hydrogens (primary N) is 1. The fraction of sp³-hybridized carbons (Fsp3) is 0.714. The molecule has 0 unspecified atom stereocenters. The van der Waals surface area contributed by atoms with Gasteiger partial charge in [-0.1, -0.05) is 5.57 Å². The number of ether oxygens (including phenoxy) is 2. The summed E-state index contributed by atoms with van der Waals surface area (Å²) in [6.45, 7) is 2.74. The van der Waals surface area contributed by atoms with Gasteiger partial charge < -0.3 is 25.2 Å². The zero-order chi connectivity index (χ0) is 16.0. The number of aliphatic carboxylic acids is 1. The third-order valence-corrected chi connectivity index (χ3v) is 3.76. The monoisotopic (exact) mass is 300 g/mol. The van der Waals surface area contributed by atoms with Gasteiger partial charge in [0.15, 0.2) is 0 Å².